The van der Waals surface area contributed by atoms with E-state index >= 15 is 0 Å². The van der Waals surface area contributed by atoms with Crippen LogP contribution in [0.4, 0.5) is 0 Å². The van der Waals surface area contributed by atoms with Gasteiger partial charge in [0.05, 0.1) is 7.11 Å². The number of hydrogen-bond donors (Lipinski definition) is 1. The minimum atomic E-state index is -0.513. The molecule has 1 heterocycles. The van der Waals surface area contributed by atoms with Crippen molar-refractivity contribution in [2.24, 2.45) is 11.7 Å². The molecule has 1 amide bonds. The maximum atomic E-state index is 11.1. The zero-order chi connectivity index (χ0) is 14.5. The normalized spacial score (nSPS) is 22.4. The van der Waals surface area contributed by atoms with Crippen LogP contribution in [0.5, 0.6) is 0 Å². The first-order chi connectivity index (χ1) is 9.60. The van der Waals surface area contributed by atoms with Crippen molar-refractivity contribution in [3.63, 3.8) is 0 Å². The van der Waals surface area contributed by atoms with Crippen molar-refractivity contribution < 1.29 is 14.3 Å². The highest BCUT2D eigenvalue weighted by molar-refractivity contribution is 7.13. The van der Waals surface area contributed by atoms with Gasteiger partial charge in [0.1, 0.15) is 5.01 Å². The van der Waals surface area contributed by atoms with Crippen molar-refractivity contribution in [3.05, 3.63) is 10.0 Å². The molecule has 0 atom stereocenters. The molecule has 1 saturated carbocycles. The lowest BCUT2D eigenvalue weighted by atomic mass is 9.80. The summed E-state index contributed by atoms with van der Waals surface area (Å²) in [5.41, 5.74) is 5.18. The Bertz CT molecular complexity index is 481. The predicted octanol–water partition coefficient (Wildman–Crippen LogP) is 1.86. The quantitative estimate of drug-likeness (QED) is 0.837. The molecule has 6 nitrogen and oxygen atoms in total. The highest BCUT2D eigenvalue weighted by Gasteiger charge is 2.26. The highest BCUT2D eigenvalue weighted by atomic mass is 32.1. The average Bonchev–Trinajstić information content (AvgIpc) is 2.95. The van der Waals surface area contributed by atoms with Crippen LogP contribution in [0.1, 0.15) is 59.3 Å². The monoisotopic (exact) mass is 297 g/mol. The van der Waals surface area contributed by atoms with Gasteiger partial charge in [-0.2, -0.15) is 0 Å². The molecule has 20 heavy (non-hydrogen) atoms. The Labute approximate surface area is 121 Å². The summed E-state index contributed by atoms with van der Waals surface area (Å²) < 4.78 is 4.66. The predicted molar refractivity (Wildman–Crippen MR) is 74.4 cm³/mol. The van der Waals surface area contributed by atoms with Gasteiger partial charge in [0.15, 0.2) is 0 Å². The fraction of sp³-hybridized carbons (Fsp3) is 0.692. The lowest BCUT2D eigenvalue weighted by Gasteiger charge is -2.26. The number of carbonyl (C=O) groups is 2. The molecular formula is C13H19N3O3S. The van der Waals surface area contributed by atoms with Crippen molar-refractivity contribution >= 4 is 23.2 Å². The topological polar surface area (TPSA) is 95.2 Å². The molecule has 2 rings (SSSR count). The molecule has 1 aliphatic carbocycles. The van der Waals surface area contributed by atoms with E-state index in [4.69, 9.17) is 5.73 Å². The summed E-state index contributed by atoms with van der Waals surface area (Å²) in [5, 5.41) is 9.07. The maximum absolute atomic E-state index is 11.1. The van der Waals surface area contributed by atoms with Crippen molar-refractivity contribution in [1.82, 2.24) is 10.2 Å². The second kappa shape index (κ2) is 6.78. The third-order valence-electron chi connectivity index (χ3n) is 3.83. The van der Waals surface area contributed by atoms with Crippen molar-refractivity contribution in [1.29, 1.82) is 0 Å². The van der Waals surface area contributed by atoms with Gasteiger partial charge in [-0.25, -0.2) is 0 Å². The maximum Gasteiger partial charge on any atom is 0.305 e. The molecular weight excluding hydrogens is 278 g/mol. The number of amides is 1. The van der Waals surface area contributed by atoms with Crippen LogP contribution in [0.2, 0.25) is 0 Å². The molecule has 0 radical (unpaired) electrons. The number of primary amides is 1. The fourth-order valence-electron chi connectivity index (χ4n) is 2.62. The molecule has 0 aromatic carbocycles. The van der Waals surface area contributed by atoms with Crippen LogP contribution in [-0.4, -0.2) is 29.2 Å². The summed E-state index contributed by atoms with van der Waals surface area (Å²) in [4.78, 5) is 22.1. The van der Waals surface area contributed by atoms with E-state index in [2.05, 4.69) is 14.9 Å². The molecule has 0 aliphatic heterocycles. The van der Waals surface area contributed by atoms with E-state index in [-0.39, 0.29) is 11.0 Å². The van der Waals surface area contributed by atoms with Gasteiger partial charge in [-0.1, -0.05) is 11.3 Å². The third kappa shape index (κ3) is 3.75. The van der Waals surface area contributed by atoms with E-state index in [1.807, 2.05) is 0 Å². The second-order valence-electron chi connectivity index (χ2n) is 5.14. The molecule has 1 aliphatic rings. The summed E-state index contributed by atoms with van der Waals surface area (Å²) in [6.45, 7) is 0. The number of nitrogens with two attached hydrogens (primary N) is 1. The highest BCUT2D eigenvalue weighted by Crippen LogP contribution is 2.38. The molecule has 110 valence electrons. The lowest BCUT2D eigenvalue weighted by molar-refractivity contribution is -0.141. The zero-order valence-electron chi connectivity index (χ0n) is 11.5. The summed E-state index contributed by atoms with van der Waals surface area (Å²) >= 11 is 1.30. The van der Waals surface area contributed by atoms with E-state index < -0.39 is 5.91 Å². The van der Waals surface area contributed by atoms with Crippen molar-refractivity contribution in [2.45, 2.75) is 44.4 Å². The van der Waals surface area contributed by atoms with Crippen molar-refractivity contribution in [3.8, 4) is 0 Å². The van der Waals surface area contributed by atoms with Crippen LogP contribution in [0, 0.1) is 5.92 Å². The first-order valence-corrected chi connectivity index (χ1v) is 7.61. The Kier molecular flexibility index (Phi) is 5.05. The summed E-state index contributed by atoms with van der Waals surface area (Å²) in [7, 11) is 1.42. The molecule has 2 N–H and O–H groups in total. The third-order valence-corrected chi connectivity index (χ3v) is 4.93. The zero-order valence-corrected chi connectivity index (χ0v) is 12.3. The molecule has 0 unspecified atom stereocenters. The second-order valence-corrected chi connectivity index (χ2v) is 6.15. The van der Waals surface area contributed by atoms with Crippen LogP contribution < -0.4 is 5.73 Å². The van der Waals surface area contributed by atoms with Crippen LogP contribution in [0.25, 0.3) is 0 Å². The van der Waals surface area contributed by atoms with Gasteiger partial charge >= 0.3 is 5.97 Å². The van der Waals surface area contributed by atoms with Gasteiger partial charge in [-0.15, -0.1) is 10.2 Å². The van der Waals surface area contributed by atoms with Crippen LogP contribution in [0.3, 0.4) is 0 Å². The number of esters is 1. The van der Waals surface area contributed by atoms with Gasteiger partial charge in [-0.05, 0) is 38.0 Å². The molecule has 0 bridgehead atoms. The Morgan fingerprint density at radius 1 is 1.30 bits per heavy atom. The van der Waals surface area contributed by atoms with Crippen LogP contribution in [0.15, 0.2) is 0 Å². The van der Waals surface area contributed by atoms with E-state index in [0.29, 0.717) is 18.3 Å². The van der Waals surface area contributed by atoms with E-state index in [9.17, 15) is 9.59 Å². The van der Waals surface area contributed by atoms with Crippen molar-refractivity contribution in [2.75, 3.05) is 7.11 Å². The van der Waals surface area contributed by atoms with Crippen LogP contribution >= 0.6 is 11.3 Å². The van der Waals surface area contributed by atoms with Gasteiger partial charge in [0, 0.05) is 12.3 Å². The number of rotatable bonds is 5. The first-order valence-electron chi connectivity index (χ1n) is 6.80. The lowest BCUT2D eigenvalue weighted by Crippen LogP contribution is -2.14. The number of methoxy groups -OCH3 is 1. The summed E-state index contributed by atoms with van der Waals surface area (Å²) in [5.74, 6) is 0.298. The Morgan fingerprint density at radius 2 is 2.00 bits per heavy atom. The molecule has 1 fully saturated rings. The Morgan fingerprint density at radius 3 is 2.55 bits per heavy atom. The van der Waals surface area contributed by atoms with Gasteiger partial charge in [-0.3, -0.25) is 9.59 Å². The summed E-state index contributed by atoms with van der Waals surface area (Å²) in [6, 6.07) is 0. The minimum absolute atomic E-state index is 0.137. The first kappa shape index (κ1) is 14.9. The Hall–Kier alpha value is -1.50. The molecule has 7 heteroatoms. The number of ether oxygens (including phenoxy) is 1. The largest absolute Gasteiger partial charge is 0.469 e. The number of hydrogen-bond acceptors (Lipinski definition) is 6. The fourth-order valence-corrected chi connectivity index (χ4v) is 3.49. The number of aromatic nitrogens is 2. The molecule has 1 aromatic rings. The average molecular weight is 297 g/mol. The SMILES string of the molecule is COC(=O)CC[C@H]1CC[C@H](c2nnc(C(N)=O)s2)CC1. The summed E-state index contributed by atoms with van der Waals surface area (Å²) in [6.07, 6.45) is 5.59. The van der Waals surface area contributed by atoms with E-state index in [1.165, 1.54) is 18.4 Å². The molecule has 0 spiro atoms. The van der Waals surface area contributed by atoms with E-state index in [0.717, 1.165) is 37.1 Å². The van der Waals surface area contributed by atoms with Gasteiger partial charge < -0.3 is 10.5 Å². The molecule has 1 aromatic heterocycles. The smallest absolute Gasteiger partial charge is 0.305 e. The van der Waals surface area contributed by atoms with E-state index in [1.54, 1.807) is 0 Å². The number of nitrogens with zero attached hydrogens (tertiary/aromatic N) is 2. The standard InChI is InChI=1S/C13H19N3O3S/c1-19-10(17)7-4-8-2-5-9(6-3-8)12-15-16-13(20-12)11(14)18/h8-9H,2-7H2,1H3,(H2,14,18)/t8-,9-. The molecule has 0 saturated heterocycles. The van der Waals surface area contributed by atoms with Crippen LogP contribution in [-0.2, 0) is 9.53 Å². The number of carbonyl (C=O) groups excluding carboxylic acids is 2. The van der Waals surface area contributed by atoms with Gasteiger partial charge in [0.25, 0.3) is 5.91 Å². The Balaban J connectivity index is 1.81. The van der Waals surface area contributed by atoms with Gasteiger partial charge in [0.2, 0.25) is 5.01 Å². The minimum Gasteiger partial charge on any atom is -0.469 e.